The van der Waals surface area contributed by atoms with Crippen LogP contribution in [-0.4, -0.2) is 44.3 Å². The monoisotopic (exact) mass is 603 g/mol. The Kier molecular flexibility index (Phi) is 8.12. The highest BCUT2D eigenvalue weighted by molar-refractivity contribution is 7.89. The summed E-state index contributed by atoms with van der Waals surface area (Å²) < 4.78 is 34.6. The molecule has 0 bridgehead atoms. The van der Waals surface area contributed by atoms with Gasteiger partial charge in [0.2, 0.25) is 21.8 Å². The van der Waals surface area contributed by atoms with E-state index in [1.54, 1.807) is 53.3 Å². The number of carbonyl (C=O) groups is 1. The number of aryl methyl sites for hydroxylation is 1. The molecule has 0 saturated carbocycles. The number of anilines is 2. The second kappa shape index (κ2) is 11.9. The van der Waals surface area contributed by atoms with Gasteiger partial charge in [-0.1, -0.05) is 36.8 Å². The molecule has 3 aromatic heterocycles. The van der Waals surface area contributed by atoms with Crippen molar-refractivity contribution in [1.82, 2.24) is 28.5 Å². The Morgan fingerprint density at radius 2 is 1.72 bits per heavy atom. The molecule has 1 amide bonds. The number of hydrogen-bond donors (Lipinski definition) is 2. The molecule has 0 radical (unpaired) electrons. The maximum atomic E-state index is 13.6. The molecule has 43 heavy (non-hydrogen) atoms. The van der Waals surface area contributed by atoms with Gasteiger partial charge in [-0.25, -0.2) is 22.7 Å². The summed E-state index contributed by atoms with van der Waals surface area (Å²) in [6, 6.07) is 19.2. The molecule has 0 aliphatic carbocycles. The molecule has 1 atom stereocenters. The van der Waals surface area contributed by atoms with E-state index in [1.165, 1.54) is 17.6 Å². The molecule has 0 spiro atoms. The van der Waals surface area contributed by atoms with Crippen molar-refractivity contribution >= 4 is 33.1 Å². The zero-order valence-electron chi connectivity index (χ0n) is 23.6. The first-order valence-electron chi connectivity index (χ1n) is 13.2. The average molecular weight is 604 g/mol. The van der Waals surface area contributed by atoms with Gasteiger partial charge in [0.1, 0.15) is 11.6 Å². The van der Waals surface area contributed by atoms with E-state index in [1.807, 2.05) is 35.9 Å². The van der Waals surface area contributed by atoms with Crippen LogP contribution in [-0.2, 0) is 27.9 Å². The molecule has 3 heterocycles. The zero-order valence-corrected chi connectivity index (χ0v) is 24.4. The summed E-state index contributed by atoms with van der Waals surface area (Å²) in [5.74, 6) is -0.652. The maximum absolute atomic E-state index is 13.6. The van der Waals surface area contributed by atoms with Crippen molar-refractivity contribution in [3.8, 4) is 11.6 Å². The fourth-order valence-electron chi connectivity index (χ4n) is 4.28. The molecular weight excluding hydrogens is 574 g/mol. The fraction of sp³-hybridized carbons (Fsp3) is 0.207. The van der Waals surface area contributed by atoms with Gasteiger partial charge in [0.25, 0.3) is 5.56 Å². The predicted molar refractivity (Wildman–Crippen MR) is 160 cm³/mol. The van der Waals surface area contributed by atoms with Crippen LogP contribution in [0.15, 0.2) is 88.7 Å². The minimum absolute atomic E-state index is 0.134. The molecule has 222 valence electrons. The molecule has 0 aliphatic heterocycles. The molecule has 0 unspecified atom stereocenters. The topological polar surface area (TPSA) is 159 Å². The van der Waals surface area contributed by atoms with Gasteiger partial charge in [-0.3, -0.25) is 23.4 Å². The van der Waals surface area contributed by atoms with E-state index in [4.69, 9.17) is 4.74 Å². The third-order valence-corrected chi connectivity index (χ3v) is 7.08. The number of sulfonamides is 1. The molecule has 0 saturated heterocycles. The van der Waals surface area contributed by atoms with Gasteiger partial charge in [0.05, 0.1) is 18.7 Å². The minimum atomic E-state index is -3.80. The van der Waals surface area contributed by atoms with Crippen LogP contribution in [0.1, 0.15) is 18.1 Å². The first-order valence-corrected chi connectivity index (χ1v) is 15.1. The lowest BCUT2D eigenvalue weighted by atomic mass is 10.1. The van der Waals surface area contributed by atoms with Crippen LogP contribution in [0, 0.1) is 12.8 Å². The summed E-state index contributed by atoms with van der Waals surface area (Å²) in [5.41, 5.74) is 1.84. The summed E-state index contributed by atoms with van der Waals surface area (Å²) >= 11 is 0. The van der Waals surface area contributed by atoms with Crippen LogP contribution in [0.4, 0.5) is 11.5 Å². The minimum Gasteiger partial charge on any atom is -0.438 e. The maximum Gasteiger partial charge on any atom is 0.332 e. The Balaban J connectivity index is 1.42. The van der Waals surface area contributed by atoms with E-state index < -0.39 is 33.1 Å². The number of rotatable bonds is 10. The average Bonchev–Trinajstić information content (AvgIpc) is 3.42. The summed E-state index contributed by atoms with van der Waals surface area (Å²) in [5, 5.41) is 7.48. The zero-order chi connectivity index (χ0) is 30.7. The van der Waals surface area contributed by atoms with Gasteiger partial charge in [0.15, 0.2) is 5.65 Å². The third kappa shape index (κ3) is 7.16. The Labute approximate surface area is 246 Å². The second-order valence-electron chi connectivity index (χ2n) is 10.1. The SMILES string of the molecule is Cc1ccc(Cn2c(Nc3ccc(Oc4ccc5nccn5n4)cc3)cc(=O)n(C[C@H](C)C(=O)NS(C)(=O)=O)c2=O)cc1. The molecule has 14 heteroatoms. The number of amides is 1. The van der Waals surface area contributed by atoms with E-state index >= 15 is 0 Å². The summed E-state index contributed by atoms with van der Waals surface area (Å²) in [7, 11) is -3.80. The molecule has 0 fully saturated rings. The van der Waals surface area contributed by atoms with Crippen LogP contribution < -0.4 is 26.0 Å². The molecule has 5 rings (SSSR count). The molecule has 5 aromatic rings. The highest BCUT2D eigenvalue weighted by Crippen LogP contribution is 2.23. The number of carbonyl (C=O) groups excluding carboxylic acids is 1. The van der Waals surface area contributed by atoms with Gasteiger partial charge >= 0.3 is 5.69 Å². The van der Waals surface area contributed by atoms with Crippen LogP contribution in [0.5, 0.6) is 11.6 Å². The van der Waals surface area contributed by atoms with E-state index in [2.05, 4.69) is 15.4 Å². The summed E-state index contributed by atoms with van der Waals surface area (Å²) in [6.07, 6.45) is 4.21. The first-order chi connectivity index (χ1) is 20.4. The second-order valence-corrected chi connectivity index (χ2v) is 11.9. The largest absolute Gasteiger partial charge is 0.438 e. The van der Waals surface area contributed by atoms with Crippen LogP contribution in [0.2, 0.25) is 0 Å². The standard InChI is InChI=1S/C29H29N7O6S/c1-19-4-6-21(7-5-19)18-34-25(16-27(37)35(29(34)39)17-20(2)28(38)33-43(3,40)41)31-22-8-10-23(11-9-22)42-26-13-12-24-30-14-15-36(24)32-26/h4-16,20,31H,17-18H2,1-3H3,(H,33,38)/t20-/m0/s1. The van der Waals surface area contributed by atoms with Crippen LogP contribution in [0.25, 0.3) is 5.65 Å². The van der Waals surface area contributed by atoms with Gasteiger partial charge < -0.3 is 10.1 Å². The first kappa shape index (κ1) is 29.3. The summed E-state index contributed by atoms with van der Waals surface area (Å²) in [4.78, 5) is 43.3. The van der Waals surface area contributed by atoms with Crippen LogP contribution in [0.3, 0.4) is 0 Å². The van der Waals surface area contributed by atoms with Crippen molar-refractivity contribution < 1.29 is 17.9 Å². The molecular formula is C29H29N7O6S. The van der Waals surface area contributed by atoms with Crippen LogP contribution >= 0.6 is 0 Å². The molecule has 0 aliphatic rings. The highest BCUT2D eigenvalue weighted by Gasteiger charge is 2.21. The van der Waals surface area contributed by atoms with E-state index in [0.717, 1.165) is 21.9 Å². The number of imidazole rings is 1. The van der Waals surface area contributed by atoms with Gasteiger partial charge in [-0.05, 0) is 42.8 Å². The smallest absolute Gasteiger partial charge is 0.332 e. The lowest BCUT2D eigenvalue weighted by molar-refractivity contribution is -0.123. The van der Waals surface area contributed by atoms with Crippen molar-refractivity contribution in [2.45, 2.75) is 26.9 Å². The molecule has 2 aromatic carbocycles. The number of benzene rings is 2. The number of hydrogen-bond acceptors (Lipinski definition) is 9. The highest BCUT2D eigenvalue weighted by atomic mass is 32.2. The van der Waals surface area contributed by atoms with Crippen molar-refractivity contribution in [3.05, 3.63) is 111 Å². The van der Waals surface area contributed by atoms with E-state index in [9.17, 15) is 22.8 Å². The Hall–Kier alpha value is -5.24. The van der Waals surface area contributed by atoms with Crippen molar-refractivity contribution in [3.63, 3.8) is 0 Å². The quantitative estimate of drug-likeness (QED) is 0.245. The Morgan fingerprint density at radius 3 is 2.42 bits per heavy atom. The van der Waals surface area contributed by atoms with Crippen molar-refractivity contribution in [2.75, 3.05) is 11.6 Å². The number of nitrogens with zero attached hydrogens (tertiary/aromatic N) is 5. The number of aromatic nitrogens is 5. The lowest BCUT2D eigenvalue weighted by Gasteiger charge is -2.18. The fourth-order valence-corrected chi connectivity index (χ4v) is 4.85. The number of nitrogens with one attached hydrogen (secondary N) is 2. The third-order valence-electron chi connectivity index (χ3n) is 6.51. The number of ether oxygens (including phenoxy) is 1. The number of fused-ring (bicyclic) bond motifs is 1. The lowest BCUT2D eigenvalue weighted by Crippen LogP contribution is -2.44. The normalized spacial score (nSPS) is 12.2. The van der Waals surface area contributed by atoms with Gasteiger partial charge in [-0.15, -0.1) is 5.10 Å². The van der Waals surface area contributed by atoms with Gasteiger partial charge in [0, 0.05) is 36.8 Å². The predicted octanol–water partition coefficient (Wildman–Crippen LogP) is 2.66. The molecule has 2 N–H and O–H groups in total. The van der Waals surface area contributed by atoms with Crippen molar-refractivity contribution in [2.24, 2.45) is 5.92 Å². The summed E-state index contributed by atoms with van der Waals surface area (Å²) in [6.45, 7) is 3.22. The van der Waals surface area contributed by atoms with E-state index in [0.29, 0.717) is 23.0 Å². The van der Waals surface area contributed by atoms with E-state index in [-0.39, 0.29) is 18.9 Å². The Bertz CT molecular complexity index is 2010. The molecule has 13 nitrogen and oxygen atoms in total. The van der Waals surface area contributed by atoms with Gasteiger partial charge in [-0.2, -0.15) is 0 Å². The van der Waals surface area contributed by atoms with Crippen molar-refractivity contribution in [1.29, 1.82) is 0 Å². The Morgan fingerprint density at radius 1 is 1.00 bits per heavy atom.